The van der Waals surface area contributed by atoms with Crippen LogP contribution >= 0.6 is 0 Å². The molecule has 6 aromatic rings. The fraction of sp³-hybridized carbons (Fsp3) is 0.333. The summed E-state index contributed by atoms with van der Waals surface area (Å²) in [5.74, 6) is 3.59. The molecule has 0 bridgehead atoms. The fourth-order valence-electron chi connectivity index (χ4n) is 12.2. The van der Waals surface area contributed by atoms with E-state index in [1.807, 2.05) is 70.5 Å². The molecule has 1 aromatic heterocycles. The Labute approximate surface area is 450 Å². The van der Waals surface area contributed by atoms with Gasteiger partial charge in [0.25, 0.3) is 5.69 Å². The second-order valence-corrected chi connectivity index (χ2v) is 20.3. The summed E-state index contributed by atoms with van der Waals surface area (Å²) in [4.78, 5) is 90.5. The predicted molar refractivity (Wildman–Crippen MR) is 285 cm³/mol. The van der Waals surface area contributed by atoms with Crippen LogP contribution in [0.3, 0.4) is 0 Å². The third-order valence-corrected chi connectivity index (χ3v) is 15.8. The van der Waals surface area contributed by atoms with E-state index >= 15 is 19.2 Å². The van der Waals surface area contributed by atoms with Crippen molar-refractivity contribution in [1.82, 2.24) is 19.8 Å². The maximum atomic E-state index is 16.9. The van der Waals surface area contributed by atoms with Crippen LogP contribution in [0.15, 0.2) is 146 Å². The summed E-state index contributed by atoms with van der Waals surface area (Å²) in [6, 6.07) is 34.4. The Hall–Kier alpha value is -8.50. The van der Waals surface area contributed by atoms with Gasteiger partial charge in [-0.15, -0.1) is 0 Å². The molecule has 5 heterocycles. The van der Waals surface area contributed by atoms with Crippen molar-refractivity contribution in [3.63, 3.8) is 0 Å². The molecule has 5 aliphatic rings. The Morgan fingerprint density at radius 1 is 0.782 bits per heavy atom. The smallest absolute Gasteiger partial charge is 0.421 e. The number of benzene rings is 5. The van der Waals surface area contributed by atoms with E-state index in [-0.39, 0.29) is 49.8 Å². The molecule has 5 aromatic carbocycles. The normalized spacial score (nSPS) is 23.6. The summed E-state index contributed by atoms with van der Waals surface area (Å²) < 4.78 is 18.5. The van der Waals surface area contributed by atoms with Gasteiger partial charge in [0.15, 0.2) is 0 Å². The van der Waals surface area contributed by atoms with Gasteiger partial charge < -0.3 is 34.2 Å². The number of aliphatic hydroxyl groups is 2. The highest BCUT2D eigenvalue weighted by atomic mass is 16.6. The molecule has 1 aliphatic carbocycles. The molecule has 3 amide bonds. The summed E-state index contributed by atoms with van der Waals surface area (Å²) >= 11 is 0. The number of cyclic esters (lactones) is 1. The van der Waals surface area contributed by atoms with Gasteiger partial charge in [0, 0.05) is 56.3 Å². The quantitative estimate of drug-likeness (QED) is 0.0421. The highest BCUT2D eigenvalue weighted by Gasteiger charge is 2.76. The Morgan fingerprint density at radius 3 is 2.10 bits per heavy atom. The molecule has 18 heteroatoms. The Bertz CT molecular complexity index is 3250. The lowest BCUT2D eigenvalue weighted by Gasteiger charge is -2.46. The number of anilines is 2. The maximum Gasteiger partial charge on any atom is 0.421 e. The van der Waals surface area contributed by atoms with Crippen molar-refractivity contribution in [3.05, 3.63) is 189 Å². The van der Waals surface area contributed by atoms with Crippen LogP contribution in [0.4, 0.5) is 22.1 Å². The van der Waals surface area contributed by atoms with Crippen LogP contribution in [0.25, 0.3) is 0 Å². The molecule has 398 valence electrons. The highest BCUT2D eigenvalue weighted by Crippen LogP contribution is 2.66. The van der Waals surface area contributed by atoms with Crippen molar-refractivity contribution in [2.75, 3.05) is 49.2 Å². The molecule has 4 aliphatic heterocycles. The Morgan fingerprint density at radius 2 is 1.45 bits per heavy atom. The molecule has 78 heavy (non-hydrogen) atoms. The van der Waals surface area contributed by atoms with E-state index in [0.29, 0.717) is 59.9 Å². The number of morpholine rings is 1. The number of aromatic nitrogens is 2. The number of amides is 3. The number of rotatable bonds is 11. The lowest BCUT2D eigenvalue weighted by molar-refractivity contribution is -0.384. The number of hydrogen-bond acceptors (Lipinski definition) is 15. The van der Waals surface area contributed by atoms with E-state index in [0.717, 1.165) is 36.1 Å². The molecule has 2 N–H and O–H groups in total. The number of piperazine rings is 1. The molecule has 4 fully saturated rings. The fourth-order valence-corrected chi connectivity index (χ4v) is 12.2. The SMILES string of the molecule is O=C1OC(c2ccccc2)C(c2ccccc2)N2C1C(C(=O)N1CCN(c3ncccn3)CC1)C1(C(=O)N(C(=O)OCc3ccc([N+](=O)[O-])cc3)c3ccc(C#CC4(O)CCCCCC4)cc31)C2c1ccc(OCCO)cc1. The average molecular weight is 1050 g/mol. The minimum Gasteiger partial charge on any atom is -0.491 e. The second-order valence-electron chi connectivity index (χ2n) is 20.3. The first-order chi connectivity index (χ1) is 38.0. The Kier molecular flexibility index (Phi) is 14.5. The van der Waals surface area contributed by atoms with E-state index < -0.39 is 70.0 Å². The average Bonchev–Trinajstić information content (AvgIpc) is 2.41. The molecular formula is C60H57N7O11. The number of carbonyl (C=O) groups is 4. The number of nitrogens with zero attached hydrogens (tertiary/aromatic N) is 7. The zero-order valence-corrected chi connectivity index (χ0v) is 42.6. The molecule has 11 rings (SSSR count). The van der Waals surface area contributed by atoms with Crippen LogP contribution in [0.1, 0.15) is 90.1 Å². The molecule has 6 unspecified atom stereocenters. The van der Waals surface area contributed by atoms with Gasteiger partial charge in [-0.25, -0.2) is 19.7 Å². The second kappa shape index (κ2) is 21.9. The number of imide groups is 1. The largest absolute Gasteiger partial charge is 0.491 e. The molecule has 3 saturated heterocycles. The van der Waals surface area contributed by atoms with Gasteiger partial charge >= 0.3 is 12.1 Å². The van der Waals surface area contributed by atoms with Gasteiger partial charge in [-0.1, -0.05) is 97.5 Å². The first kappa shape index (κ1) is 51.6. The highest BCUT2D eigenvalue weighted by molar-refractivity contribution is 6.23. The number of fused-ring (bicyclic) bond motifs is 3. The van der Waals surface area contributed by atoms with Crippen LogP contribution in [0, 0.1) is 27.9 Å². The predicted octanol–water partition coefficient (Wildman–Crippen LogP) is 7.54. The van der Waals surface area contributed by atoms with E-state index in [2.05, 4.69) is 21.8 Å². The summed E-state index contributed by atoms with van der Waals surface area (Å²) in [7, 11) is 0. The van der Waals surface area contributed by atoms with Crippen LogP contribution in [0.2, 0.25) is 0 Å². The molecular weight excluding hydrogens is 995 g/mol. The number of ether oxygens (including phenoxy) is 3. The van der Waals surface area contributed by atoms with Crippen molar-refractivity contribution < 1.29 is 48.5 Å². The zero-order valence-electron chi connectivity index (χ0n) is 42.6. The lowest BCUT2D eigenvalue weighted by atomic mass is 9.64. The summed E-state index contributed by atoms with van der Waals surface area (Å²) in [6.07, 6.45) is 5.72. The minimum absolute atomic E-state index is 0.00354. The van der Waals surface area contributed by atoms with Crippen LogP contribution in [-0.4, -0.2) is 110 Å². The van der Waals surface area contributed by atoms with E-state index in [4.69, 9.17) is 14.2 Å². The third kappa shape index (κ3) is 9.58. The minimum atomic E-state index is -2.13. The van der Waals surface area contributed by atoms with E-state index in [9.17, 15) is 20.3 Å². The van der Waals surface area contributed by atoms with Crippen LogP contribution in [0.5, 0.6) is 5.75 Å². The summed E-state index contributed by atoms with van der Waals surface area (Å²) in [5.41, 5.74) is -0.585. The monoisotopic (exact) mass is 1050 g/mol. The number of hydrogen-bond donors (Lipinski definition) is 2. The van der Waals surface area contributed by atoms with Gasteiger partial charge in [-0.2, -0.15) is 0 Å². The zero-order chi connectivity index (χ0) is 54.0. The number of esters is 1. The van der Waals surface area contributed by atoms with Gasteiger partial charge in [-0.3, -0.25) is 29.4 Å². The van der Waals surface area contributed by atoms with Crippen molar-refractivity contribution in [2.45, 2.75) is 80.4 Å². The standard InChI is InChI=1S/C60H57N7O11/c68-36-37-76-46-23-19-44(20-24-46)53-60(47-38-40(26-29-59(73)27-9-1-2-10-28-59)18-25-48(47)65(56(60)71)58(72)77-39-41-16-21-45(22-17-41)67(74)75)49(54(69)63-32-34-64(35-33-63)57-61-30-11-31-62-57)51-55(70)78-52(43-14-7-4-8-15-43)50(66(51)53)42-12-5-3-6-13-42/h3-8,11-25,30-31,38,49-53,68,73H,1-2,9-10,27-28,32-37,39H2. The van der Waals surface area contributed by atoms with Crippen molar-refractivity contribution in [1.29, 1.82) is 0 Å². The van der Waals surface area contributed by atoms with E-state index in [1.54, 1.807) is 65.8 Å². The Balaban J connectivity index is 1.14. The maximum absolute atomic E-state index is 16.9. The van der Waals surface area contributed by atoms with Gasteiger partial charge in [0.05, 0.1) is 35.2 Å². The van der Waals surface area contributed by atoms with Gasteiger partial charge in [0.1, 0.15) is 42.1 Å². The number of aliphatic hydroxyl groups excluding tert-OH is 1. The van der Waals surface area contributed by atoms with Gasteiger partial charge in [0.2, 0.25) is 17.8 Å². The van der Waals surface area contributed by atoms with E-state index in [1.165, 1.54) is 24.3 Å². The lowest BCUT2D eigenvalue weighted by Crippen LogP contribution is -2.59. The molecule has 18 nitrogen and oxygen atoms in total. The van der Waals surface area contributed by atoms with Crippen LogP contribution in [-0.2, 0) is 35.9 Å². The molecule has 1 saturated carbocycles. The number of nitro benzene ring substituents is 1. The van der Waals surface area contributed by atoms with Crippen molar-refractivity contribution in [2.24, 2.45) is 5.92 Å². The topological polar surface area (TPSA) is 218 Å². The molecule has 1 spiro atoms. The van der Waals surface area contributed by atoms with Gasteiger partial charge in [-0.05, 0) is 102 Å². The molecule has 0 radical (unpaired) electrons. The molecule has 6 atom stereocenters. The van der Waals surface area contributed by atoms with Crippen LogP contribution < -0.4 is 14.5 Å². The van der Waals surface area contributed by atoms with Crippen molar-refractivity contribution in [3.8, 4) is 17.6 Å². The first-order valence-corrected chi connectivity index (χ1v) is 26.4. The summed E-state index contributed by atoms with van der Waals surface area (Å²) in [5, 5.41) is 33.1. The summed E-state index contributed by atoms with van der Waals surface area (Å²) in [6.45, 7) is 0.349. The number of carbonyl (C=O) groups excluding carboxylic acids is 4. The number of nitro groups is 1. The van der Waals surface area contributed by atoms with Crippen molar-refractivity contribution >= 4 is 41.2 Å². The first-order valence-electron chi connectivity index (χ1n) is 26.4. The third-order valence-electron chi connectivity index (χ3n) is 15.8. The number of non-ortho nitro benzene ring substituents is 1.